The molecule has 5 heteroatoms. The van der Waals surface area contributed by atoms with Gasteiger partial charge in [-0.2, -0.15) is 0 Å². The van der Waals surface area contributed by atoms with Crippen molar-refractivity contribution >= 4 is 11.8 Å². The predicted octanol–water partition coefficient (Wildman–Crippen LogP) is 4.38. The van der Waals surface area contributed by atoms with Crippen LogP contribution in [0.5, 0.6) is 0 Å². The first-order valence-corrected chi connectivity index (χ1v) is 8.26. The summed E-state index contributed by atoms with van der Waals surface area (Å²) in [5.41, 5.74) is 0.970. The highest BCUT2D eigenvalue weighted by atomic mass is 19.1. The van der Waals surface area contributed by atoms with Gasteiger partial charge in [0.1, 0.15) is 11.4 Å². The number of carbonyl (C=O) groups excluding carboxylic acids is 1. The lowest BCUT2D eigenvalue weighted by atomic mass is 9.90. The molecule has 0 heterocycles. The fourth-order valence-electron chi connectivity index (χ4n) is 2.91. The first kappa shape index (κ1) is 17.6. The average molecular weight is 322 g/mol. The Morgan fingerprint density at radius 2 is 1.96 bits per heavy atom. The lowest BCUT2D eigenvalue weighted by molar-refractivity contribution is 0.0492. The summed E-state index contributed by atoms with van der Waals surface area (Å²) < 4.78 is 18.9. The van der Waals surface area contributed by atoms with Gasteiger partial charge in [-0.15, -0.1) is 0 Å². The van der Waals surface area contributed by atoms with Crippen molar-refractivity contribution in [2.24, 2.45) is 0 Å². The number of benzene rings is 1. The largest absolute Gasteiger partial charge is 0.444 e. The minimum atomic E-state index is -0.491. The van der Waals surface area contributed by atoms with E-state index in [2.05, 4.69) is 10.6 Å². The summed E-state index contributed by atoms with van der Waals surface area (Å²) in [6.07, 6.45) is 3.43. The number of hydrogen-bond donors (Lipinski definition) is 2. The van der Waals surface area contributed by atoms with Crippen molar-refractivity contribution in [3.8, 4) is 0 Å². The second-order valence-electron chi connectivity index (χ2n) is 7.26. The molecule has 128 valence electrons. The molecule has 2 unspecified atom stereocenters. The Morgan fingerprint density at radius 3 is 2.65 bits per heavy atom. The van der Waals surface area contributed by atoms with E-state index >= 15 is 0 Å². The minimum Gasteiger partial charge on any atom is -0.444 e. The molecule has 1 aromatic rings. The Morgan fingerprint density at radius 1 is 1.26 bits per heavy atom. The van der Waals surface area contributed by atoms with Gasteiger partial charge in [0, 0.05) is 23.3 Å². The van der Waals surface area contributed by atoms with Crippen LogP contribution in [0.1, 0.15) is 52.0 Å². The topological polar surface area (TPSA) is 50.4 Å². The average Bonchev–Trinajstić information content (AvgIpc) is 2.42. The molecule has 0 aliphatic heterocycles. The van der Waals surface area contributed by atoms with Crippen molar-refractivity contribution < 1.29 is 13.9 Å². The summed E-state index contributed by atoms with van der Waals surface area (Å²) in [5, 5.41) is 6.35. The molecule has 1 aliphatic rings. The molecule has 0 spiro atoms. The molecule has 1 amide bonds. The molecule has 2 rings (SSSR count). The Bertz CT molecular complexity index is 554. The van der Waals surface area contributed by atoms with E-state index in [0.717, 1.165) is 31.4 Å². The lowest BCUT2D eigenvalue weighted by Gasteiger charge is -2.32. The van der Waals surface area contributed by atoms with Gasteiger partial charge in [-0.1, -0.05) is 6.07 Å². The van der Waals surface area contributed by atoms with E-state index < -0.39 is 5.60 Å². The highest BCUT2D eigenvalue weighted by molar-refractivity contribution is 5.68. The van der Waals surface area contributed by atoms with Crippen molar-refractivity contribution in [2.45, 2.75) is 71.1 Å². The molecule has 1 fully saturated rings. The van der Waals surface area contributed by atoms with Gasteiger partial charge in [-0.05, 0) is 65.5 Å². The van der Waals surface area contributed by atoms with Crippen LogP contribution in [0.4, 0.5) is 14.9 Å². The van der Waals surface area contributed by atoms with Crippen LogP contribution in [0.2, 0.25) is 0 Å². The maximum Gasteiger partial charge on any atom is 0.407 e. The zero-order valence-corrected chi connectivity index (χ0v) is 14.4. The fourth-order valence-corrected chi connectivity index (χ4v) is 2.91. The highest BCUT2D eigenvalue weighted by Gasteiger charge is 2.25. The number of carbonyl (C=O) groups is 1. The van der Waals surface area contributed by atoms with Crippen LogP contribution < -0.4 is 10.6 Å². The molecule has 0 saturated heterocycles. The number of alkyl carbamates (subject to hydrolysis) is 1. The third-order valence-electron chi connectivity index (χ3n) is 4.02. The Kier molecular flexibility index (Phi) is 5.50. The van der Waals surface area contributed by atoms with E-state index in [9.17, 15) is 9.18 Å². The van der Waals surface area contributed by atoms with E-state index in [1.165, 1.54) is 6.07 Å². The summed E-state index contributed by atoms with van der Waals surface area (Å²) in [5.74, 6) is -0.200. The standard InChI is InChI=1S/C18H27FN2O2/c1-12-15(19)9-6-10-16(12)20-13-7-5-8-14(11-13)21-17(22)23-18(2,3)4/h6,9-10,13-14,20H,5,7-8,11H2,1-4H3,(H,21,22). The van der Waals surface area contributed by atoms with Crippen LogP contribution >= 0.6 is 0 Å². The summed E-state index contributed by atoms with van der Waals surface area (Å²) in [6.45, 7) is 7.33. The van der Waals surface area contributed by atoms with Gasteiger partial charge >= 0.3 is 6.09 Å². The monoisotopic (exact) mass is 322 g/mol. The summed E-state index contributed by atoms with van der Waals surface area (Å²) >= 11 is 0. The third-order valence-corrected chi connectivity index (χ3v) is 4.02. The molecule has 1 aliphatic carbocycles. The highest BCUT2D eigenvalue weighted by Crippen LogP contribution is 2.25. The van der Waals surface area contributed by atoms with Crippen molar-refractivity contribution in [1.29, 1.82) is 0 Å². The van der Waals surface area contributed by atoms with Gasteiger partial charge in [-0.25, -0.2) is 9.18 Å². The second kappa shape index (κ2) is 7.20. The van der Waals surface area contributed by atoms with Crippen molar-refractivity contribution in [2.75, 3.05) is 5.32 Å². The van der Waals surface area contributed by atoms with Crippen molar-refractivity contribution in [3.05, 3.63) is 29.6 Å². The van der Waals surface area contributed by atoms with Gasteiger partial charge in [0.2, 0.25) is 0 Å². The van der Waals surface area contributed by atoms with E-state index in [4.69, 9.17) is 4.74 Å². The molecular weight excluding hydrogens is 295 g/mol. The SMILES string of the molecule is Cc1c(F)cccc1NC1CCCC(NC(=O)OC(C)(C)C)C1. The number of rotatable bonds is 3. The molecule has 2 atom stereocenters. The third kappa shape index (κ3) is 5.41. The predicted molar refractivity (Wildman–Crippen MR) is 90.2 cm³/mol. The molecule has 1 aromatic carbocycles. The van der Waals surface area contributed by atoms with Crippen molar-refractivity contribution in [1.82, 2.24) is 5.32 Å². The van der Waals surface area contributed by atoms with Gasteiger partial charge in [0.05, 0.1) is 0 Å². The van der Waals surface area contributed by atoms with E-state index in [-0.39, 0.29) is 24.0 Å². The smallest absolute Gasteiger partial charge is 0.407 e. The van der Waals surface area contributed by atoms with E-state index in [1.807, 2.05) is 26.8 Å². The van der Waals surface area contributed by atoms with Gasteiger partial charge in [0.25, 0.3) is 0 Å². The number of ether oxygens (including phenoxy) is 1. The van der Waals surface area contributed by atoms with Gasteiger partial charge in [-0.3, -0.25) is 0 Å². The van der Waals surface area contributed by atoms with Crippen LogP contribution in [0.25, 0.3) is 0 Å². The van der Waals surface area contributed by atoms with Gasteiger partial charge in [0.15, 0.2) is 0 Å². The zero-order chi connectivity index (χ0) is 17.0. The normalized spacial score (nSPS) is 21.6. The van der Waals surface area contributed by atoms with Crippen LogP contribution in [0.15, 0.2) is 18.2 Å². The Balaban J connectivity index is 1.91. The van der Waals surface area contributed by atoms with E-state index in [0.29, 0.717) is 5.56 Å². The Labute approximate surface area is 137 Å². The van der Waals surface area contributed by atoms with Crippen LogP contribution in [-0.4, -0.2) is 23.8 Å². The summed E-state index contributed by atoms with van der Waals surface area (Å²) in [7, 11) is 0. The first-order chi connectivity index (χ1) is 10.7. The number of anilines is 1. The molecule has 4 nitrogen and oxygen atoms in total. The van der Waals surface area contributed by atoms with Crippen LogP contribution in [0.3, 0.4) is 0 Å². The molecule has 23 heavy (non-hydrogen) atoms. The van der Waals surface area contributed by atoms with Crippen LogP contribution in [0, 0.1) is 12.7 Å². The molecular formula is C18H27FN2O2. The fraction of sp³-hybridized carbons (Fsp3) is 0.611. The second-order valence-corrected chi connectivity index (χ2v) is 7.26. The number of nitrogens with one attached hydrogen (secondary N) is 2. The molecule has 1 saturated carbocycles. The molecule has 2 N–H and O–H groups in total. The minimum absolute atomic E-state index is 0.0879. The molecule has 0 bridgehead atoms. The quantitative estimate of drug-likeness (QED) is 0.868. The maximum absolute atomic E-state index is 13.6. The zero-order valence-electron chi connectivity index (χ0n) is 14.4. The first-order valence-electron chi connectivity index (χ1n) is 8.26. The molecule has 0 radical (unpaired) electrons. The summed E-state index contributed by atoms with van der Waals surface area (Å²) in [6, 6.07) is 5.38. The van der Waals surface area contributed by atoms with Crippen molar-refractivity contribution in [3.63, 3.8) is 0 Å². The van der Waals surface area contributed by atoms with Gasteiger partial charge < -0.3 is 15.4 Å². The van der Waals surface area contributed by atoms with Crippen LogP contribution in [-0.2, 0) is 4.74 Å². The summed E-state index contributed by atoms with van der Waals surface area (Å²) in [4.78, 5) is 11.9. The lowest BCUT2D eigenvalue weighted by Crippen LogP contribution is -2.43. The Hall–Kier alpha value is -1.78. The molecule has 0 aromatic heterocycles. The number of hydrogen-bond acceptors (Lipinski definition) is 3. The maximum atomic E-state index is 13.6. The number of halogens is 1. The number of amides is 1. The van der Waals surface area contributed by atoms with E-state index in [1.54, 1.807) is 13.0 Å².